The summed E-state index contributed by atoms with van der Waals surface area (Å²) >= 11 is 0. The number of H-pyrrole nitrogens is 1. The number of methoxy groups -OCH3 is 1. The number of carbonyl (C=O) groups is 1. The molecule has 4 rings (SSSR count). The first-order valence-electron chi connectivity index (χ1n) is 9.31. The Morgan fingerprint density at radius 3 is 2.68 bits per heavy atom. The van der Waals surface area contributed by atoms with Crippen molar-refractivity contribution >= 4 is 5.91 Å². The van der Waals surface area contributed by atoms with Gasteiger partial charge in [0.2, 0.25) is 0 Å². The summed E-state index contributed by atoms with van der Waals surface area (Å²) in [5.41, 5.74) is 2.54. The lowest BCUT2D eigenvalue weighted by atomic mass is 10.0. The van der Waals surface area contributed by atoms with Crippen LogP contribution in [0.15, 0.2) is 48.5 Å². The lowest BCUT2D eigenvalue weighted by Gasteiger charge is -2.37. The largest absolute Gasteiger partial charge is 0.496 e. The number of nitrogens with one attached hydrogen (secondary N) is 2. The van der Waals surface area contributed by atoms with Crippen LogP contribution in [0, 0.1) is 6.92 Å². The zero-order valence-electron chi connectivity index (χ0n) is 16.0. The molecule has 0 bridgehead atoms. The number of piperazine rings is 1. The summed E-state index contributed by atoms with van der Waals surface area (Å²) in [5.74, 6) is 2.20. The topological polar surface area (TPSA) is 83.1 Å². The molecular weight excluding hydrogens is 354 g/mol. The van der Waals surface area contributed by atoms with Gasteiger partial charge in [-0.2, -0.15) is 5.10 Å². The number of aromatic amines is 1. The van der Waals surface area contributed by atoms with Gasteiger partial charge in [-0.25, -0.2) is 4.98 Å². The first-order valence-corrected chi connectivity index (χ1v) is 9.31. The standard InChI is InChI=1S/C21H23N5O2/c1-14-23-20(25-24-14)15-7-9-16(10-8-15)21(27)26-12-11-22-13-18(26)17-5-3-4-6-19(17)28-2/h3-10,18,22H,11-13H2,1-2H3,(H,23,24,25). The number of rotatable bonds is 4. The molecule has 1 aliphatic heterocycles. The fourth-order valence-electron chi connectivity index (χ4n) is 3.57. The number of para-hydroxylation sites is 1. The fraction of sp³-hybridized carbons (Fsp3) is 0.286. The van der Waals surface area contributed by atoms with Crippen molar-refractivity contribution in [1.29, 1.82) is 0 Å². The average Bonchev–Trinajstić information content (AvgIpc) is 3.19. The van der Waals surface area contributed by atoms with Crippen LogP contribution in [0.2, 0.25) is 0 Å². The van der Waals surface area contributed by atoms with Gasteiger partial charge >= 0.3 is 0 Å². The SMILES string of the molecule is COc1ccccc1C1CNCCN1C(=O)c1ccc(-c2n[nH]c(C)n2)cc1. The minimum absolute atomic E-state index is 0.00937. The second-order valence-corrected chi connectivity index (χ2v) is 6.78. The van der Waals surface area contributed by atoms with Gasteiger partial charge in [-0.15, -0.1) is 0 Å². The fourth-order valence-corrected chi connectivity index (χ4v) is 3.57. The molecule has 1 aliphatic rings. The average molecular weight is 377 g/mol. The van der Waals surface area contributed by atoms with Crippen LogP contribution in [0.4, 0.5) is 0 Å². The van der Waals surface area contributed by atoms with Gasteiger partial charge in [0.25, 0.3) is 5.91 Å². The summed E-state index contributed by atoms with van der Waals surface area (Å²) in [6.07, 6.45) is 0. The normalized spacial score (nSPS) is 16.8. The van der Waals surface area contributed by atoms with Gasteiger partial charge in [-0.1, -0.05) is 30.3 Å². The van der Waals surface area contributed by atoms with Crippen LogP contribution < -0.4 is 10.1 Å². The van der Waals surface area contributed by atoms with Crippen molar-refractivity contribution < 1.29 is 9.53 Å². The van der Waals surface area contributed by atoms with Crippen LogP contribution in [0.3, 0.4) is 0 Å². The number of amides is 1. The van der Waals surface area contributed by atoms with Gasteiger partial charge in [0, 0.05) is 36.3 Å². The third-order valence-electron chi connectivity index (χ3n) is 4.99. The van der Waals surface area contributed by atoms with Crippen molar-refractivity contribution in [2.45, 2.75) is 13.0 Å². The van der Waals surface area contributed by atoms with E-state index in [9.17, 15) is 4.79 Å². The number of carbonyl (C=O) groups excluding carboxylic acids is 1. The Kier molecular flexibility index (Phi) is 5.08. The van der Waals surface area contributed by atoms with E-state index in [2.05, 4.69) is 20.5 Å². The molecule has 7 nitrogen and oxygen atoms in total. The van der Waals surface area contributed by atoms with E-state index in [4.69, 9.17) is 4.74 Å². The summed E-state index contributed by atoms with van der Waals surface area (Å²) in [6.45, 7) is 3.97. The maximum atomic E-state index is 13.3. The molecule has 0 aliphatic carbocycles. The predicted molar refractivity (Wildman–Crippen MR) is 106 cm³/mol. The molecule has 1 amide bonds. The van der Waals surface area contributed by atoms with Crippen LogP contribution in [-0.2, 0) is 0 Å². The molecule has 2 aromatic carbocycles. The minimum Gasteiger partial charge on any atom is -0.496 e. The number of hydrogen-bond acceptors (Lipinski definition) is 5. The molecule has 1 atom stereocenters. The van der Waals surface area contributed by atoms with Crippen LogP contribution >= 0.6 is 0 Å². The van der Waals surface area contributed by atoms with Crippen LogP contribution in [0.5, 0.6) is 5.75 Å². The molecule has 1 aromatic heterocycles. The van der Waals surface area contributed by atoms with E-state index >= 15 is 0 Å². The summed E-state index contributed by atoms with van der Waals surface area (Å²) < 4.78 is 5.52. The highest BCUT2D eigenvalue weighted by molar-refractivity contribution is 5.95. The molecule has 2 N–H and O–H groups in total. The second kappa shape index (κ2) is 7.82. The highest BCUT2D eigenvalue weighted by atomic mass is 16.5. The van der Waals surface area contributed by atoms with E-state index in [1.807, 2.05) is 60.4 Å². The van der Waals surface area contributed by atoms with Crippen LogP contribution in [0.1, 0.15) is 27.8 Å². The minimum atomic E-state index is -0.0762. The maximum absolute atomic E-state index is 13.3. The summed E-state index contributed by atoms with van der Waals surface area (Å²) in [5, 5.41) is 10.4. The third-order valence-corrected chi connectivity index (χ3v) is 4.99. The first kappa shape index (κ1) is 18.2. The predicted octanol–water partition coefficient (Wildman–Crippen LogP) is 2.58. The van der Waals surface area contributed by atoms with E-state index in [1.165, 1.54) is 0 Å². The molecule has 2 heterocycles. The van der Waals surface area contributed by atoms with Gasteiger partial charge in [0.1, 0.15) is 11.6 Å². The maximum Gasteiger partial charge on any atom is 0.254 e. The van der Waals surface area contributed by atoms with E-state index in [0.29, 0.717) is 24.5 Å². The highest BCUT2D eigenvalue weighted by Gasteiger charge is 2.30. The van der Waals surface area contributed by atoms with Crippen molar-refractivity contribution in [1.82, 2.24) is 25.4 Å². The molecule has 0 saturated carbocycles. The Morgan fingerprint density at radius 2 is 1.96 bits per heavy atom. The summed E-state index contributed by atoms with van der Waals surface area (Å²) in [7, 11) is 1.66. The van der Waals surface area contributed by atoms with Gasteiger partial charge in [-0.3, -0.25) is 9.89 Å². The van der Waals surface area contributed by atoms with Gasteiger partial charge in [-0.05, 0) is 25.1 Å². The number of aryl methyl sites for hydroxylation is 1. The molecular formula is C21H23N5O2. The molecule has 28 heavy (non-hydrogen) atoms. The van der Waals surface area contributed by atoms with E-state index in [0.717, 1.165) is 29.2 Å². The summed E-state index contributed by atoms with van der Waals surface area (Å²) in [4.78, 5) is 19.5. The van der Waals surface area contributed by atoms with Crippen molar-refractivity contribution in [2.24, 2.45) is 0 Å². The Hall–Kier alpha value is -3.19. The second-order valence-electron chi connectivity index (χ2n) is 6.78. The van der Waals surface area contributed by atoms with Gasteiger partial charge in [0.15, 0.2) is 5.82 Å². The Bertz CT molecular complexity index is 967. The molecule has 0 spiro atoms. The number of aromatic nitrogens is 3. The molecule has 3 aromatic rings. The number of nitrogens with zero attached hydrogens (tertiary/aromatic N) is 3. The zero-order chi connectivity index (χ0) is 19.5. The van der Waals surface area contributed by atoms with Gasteiger partial charge in [0.05, 0.1) is 13.2 Å². The lowest BCUT2D eigenvalue weighted by Crippen LogP contribution is -2.48. The van der Waals surface area contributed by atoms with E-state index in [-0.39, 0.29) is 11.9 Å². The monoisotopic (exact) mass is 377 g/mol. The smallest absolute Gasteiger partial charge is 0.254 e. The highest BCUT2D eigenvalue weighted by Crippen LogP contribution is 2.31. The molecule has 1 fully saturated rings. The van der Waals surface area contributed by atoms with Crippen LogP contribution in [0.25, 0.3) is 11.4 Å². The van der Waals surface area contributed by atoms with Crippen LogP contribution in [-0.4, -0.2) is 52.7 Å². The molecule has 7 heteroatoms. The van der Waals surface area contributed by atoms with Crippen molar-refractivity contribution in [3.63, 3.8) is 0 Å². The number of ether oxygens (including phenoxy) is 1. The van der Waals surface area contributed by atoms with Crippen molar-refractivity contribution in [2.75, 3.05) is 26.7 Å². The molecule has 144 valence electrons. The zero-order valence-corrected chi connectivity index (χ0v) is 16.0. The van der Waals surface area contributed by atoms with Crippen molar-refractivity contribution in [3.05, 3.63) is 65.5 Å². The number of benzene rings is 2. The van der Waals surface area contributed by atoms with Gasteiger partial charge < -0.3 is 15.0 Å². The Morgan fingerprint density at radius 1 is 1.18 bits per heavy atom. The first-order chi connectivity index (χ1) is 13.7. The quantitative estimate of drug-likeness (QED) is 0.730. The third kappa shape index (κ3) is 3.48. The molecule has 1 saturated heterocycles. The van der Waals surface area contributed by atoms with E-state index in [1.54, 1.807) is 7.11 Å². The molecule has 1 unspecified atom stereocenters. The van der Waals surface area contributed by atoms with E-state index < -0.39 is 0 Å². The Balaban J connectivity index is 1.60. The molecule has 0 radical (unpaired) electrons. The van der Waals surface area contributed by atoms with Crippen molar-refractivity contribution in [3.8, 4) is 17.1 Å². The summed E-state index contributed by atoms with van der Waals surface area (Å²) in [6, 6.07) is 15.2. The number of hydrogen-bond donors (Lipinski definition) is 2. The lowest BCUT2D eigenvalue weighted by molar-refractivity contribution is 0.0631. The Labute approximate surface area is 163 Å².